The van der Waals surface area contributed by atoms with Gasteiger partial charge < -0.3 is 5.73 Å². The second-order valence-electron chi connectivity index (χ2n) is 5.32. The molecule has 2 nitrogen and oxygen atoms in total. The van der Waals surface area contributed by atoms with E-state index in [1.165, 1.54) is 19.3 Å². The maximum atomic E-state index is 11.9. The molecule has 2 atom stereocenters. The van der Waals surface area contributed by atoms with Gasteiger partial charge in [0.1, 0.15) is 5.78 Å². The molecule has 0 bridgehead atoms. The first-order valence-corrected chi connectivity index (χ1v) is 6.79. The monoisotopic (exact) mass is 227 g/mol. The summed E-state index contributed by atoms with van der Waals surface area (Å²) in [5.41, 5.74) is 5.90. The van der Waals surface area contributed by atoms with Gasteiger partial charge in [0, 0.05) is 6.42 Å². The van der Waals surface area contributed by atoms with Crippen LogP contribution in [0.5, 0.6) is 0 Å². The van der Waals surface area contributed by atoms with Crippen LogP contribution in [-0.2, 0) is 4.79 Å². The van der Waals surface area contributed by atoms with Crippen LogP contribution in [0.25, 0.3) is 0 Å². The Bertz CT molecular complexity index is 189. The van der Waals surface area contributed by atoms with E-state index < -0.39 is 0 Å². The van der Waals surface area contributed by atoms with Crippen molar-refractivity contribution >= 4 is 5.78 Å². The van der Waals surface area contributed by atoms with Crippen molar-refractivity contribution in [2.24, 2.45) is 17.6 Å². The molecule has 2 unspecified atom stereocenters. The minimum absolute atomic E-state index is 0.240. The molecule has 2 N–H and O–H groups in total. The lowest BCUT2D eigenvalue weighted by Gasteiger charge is -2.17. The fraction of sp³-hybridized carbons (Fsp3) is 0.929. The van der Waals surface area contributed by atoms with E-state index in [4.69, 9.17) is 5.73 Å². The van der Waals surface area contributed by atoms with Gasteiger partial charge in [-0.3, -0.25) is 4.79 Å². The Labute approximate surface area is 101 Å². The topological polar surface area (TPSA) is 43.1 Å². The van der Waals surface area contributed by atoms with Crippen molar-refractivity contribution in [3.05, 3.63) is 0 Å². The minimum Gasteiger partial charge on any atom is -0.322 e. The van der Waals surface area contributed by atoms with E-state index in [0.717, 1.165) is 12.8 Å². The molecule has 0 aromatic rings. The lowest BCUT2D eigenvalue weighted by atomic mass is 9.90. The zero-order valence-corrected chi connectivity index (χ0v) is 11.5. The maximum Gasteiger partial charge on any atom is 0.149 e. The molecule has 0 heterocycles. The van der Waals surface area contributed by atoms with Crippen LogP contribution in [-0.4, -0.2) is 11.8 Å². The molecule has 0 aromatic carbocycles. The molecule has 0 radical (unpaired) electrons. The average molecular weight is 227 g/mol. The normalized spacial score (nSPS) is 15.1. The van der Waals surface area contributed by atoms with Crippen molar-refractivity contribution in [2.75, 3.05) is 0 Å². The van der Waals surface area contributed by atoms with E-state index in [1.807, 2.05) is 0 Å². The Hall–Kier alpha value is -0.370. The third kappa shape index (κ3) is 7.00. The van der Waals surface area contributed by atoms with Crippen molar-refractivity contribution in [3.8, 4) is 0 Å². The summed E-state index contributed by atoms with van der Waals surface area (Å²) < 4.78 is 0. The highest BCUT2D eigenvalue weighted by Gasteiger charge is 2.18. The molecule has 0 amide bonds. The van der Waals surface area contributed by atoms with Crippen molar-refractivity contribution in [2.45, 2.75) is 72.3 Å². The van der Waals surface area contributed by atoms with Crippen molar-refractivity contribution in [1.82, 2.24) is 0 Å². The highest BCUT2D eigenvalue weighted by atomic mass is 16.1. The number of hydrogen-bond acceptors (Lipinski definition) is 2. The summed E-state index contributed by atoms with van der Waals surface area (Å²) in [6.45, 7) is 8.59. The number of rotatable bonds is 9. The van der Waals surface area contributed by atoms with Crippen LogP contribution < -0.4 is 5.73 Å². The van der Waals surface area contributed by atoms with Gasteiger partial charge in [-0.15, -0.1) is 0 Å². The number of unbranched alkanes of at least 4 members (excludes halogenated alkanes) is 1. The fourth-order valence-corrected chi connectivity index (χ4v) is 2.02. The lowest BCUT2D eigenvalue weighted by Crippen LogP contribution is -2.33. The highest BCUT2D eigenvalue weighted by Crippen LogP contribution is 2.18. The molecule has 0 aliphatic carbocycles. The quantitative estimate of drug-likeness (QED) is 0.654. The lowest BCUT2D eigenvalue weighted by molar-refractivity contribution is -0.121. The molecule has 2 heteroatoms. The van der Waals surface area contributed by atoms with Crippen molar-refractivity contribution in [1.29, 1.82) is 0 Å². The molecule has 96 valence electrons. The number of hydrogen-bond donors (Lipinski definition) is 1. The molecule has 0 aliphatic heterocycles. The first kappa shape index (κ1) is 15.6. The van der Waals surface area contributed by atoms with E-state index in [9.17, 15) is 4.79 Å². The molecule has 0 saturated carbocycles. The van der Waals surface area contributed by atoms with Crippen LogP contribution in [0.3, 0.4) is 0 Å². The standard InChI is InChI=1S/C14H29NO/c1-5-7-8-12(6-2)10-14(16)13(15)9-11(3)4/h11-13H,5-10,15H2,1-4H3. The van der Waals surface area contributed by atoms with Gasteiger partial charge in [-0.25, -0.2) is 0 Å². The first-order valence-electron chi connectivity index (χ1n) is 6.79. The Morgan fingerprint density at radius 3 is 2.31 bits per heavy atom. The predicted molar refractivity (Wildman–Crippen MR) is 70.4 cm³/mol. The Morgan fingerprint density at radius 2 is 1.88 bits per heavy atom. The number of carbonyl (C=O) groups excluding carboxylic acids is 1. The van der Waals surface area contributed by atoms with Crippen LogP contribution in [0.4, 0.5) is 0 Å². The smallest absolute Gasteiger partial charge is 0.149 e. The summed E-state index contributed by atoms with van der Waals surface area (Å²) in [6, 6.07) is -0.240. The minimum atomic E-state index is -0.240. The summed E-state index contributed by atoms with van der Waals surface area (Å²) in [5, 5.41) is 0. The molecular formula is C14H29NO. The molecule has 0 rings (SSSR count). The fourth-order valence-electron chi connectivity index (χ4n) is 2.02. The molecular weight excluding hydrogens is 198 g/mol. The van der Waals surface area contributed by atoms with Gasteiger partial charge in [0.05, 0.1) is 6.04 Å². The Kier molecular flexibility index (Phi) is 8.54. The van der Waals surface area contributed by atoms with E-state index in [1.54, 1.807) is 0 Å². The summed E-state index contributed by atoms with van der Waals surface area (Å²) in [4.78, 5) is 11.9. The molecule has 0 aliphatic rings. The van der Waals surface area contributed by atoms with E-state index in [2.05, 4.69) is 27.7 Å². The third-order valence-corrected chi connectivity index (χ3v) is 3.17. The van der Waals surface area contributed by atoms with Gasteiger partial charge >= 0.3 is 0 Å². The van der Waals surface area contributed by atoms with Crippen molar-refractivity contribution < 1.29 is 4.79 Å². The predicted octanol–water partition coefficient (Wildman–Crippen LogP) is 3.54. The maximum absolute atomic E-state index is 11.9. The molecule has 0 fully saturated rings. The number of carbonyl (C=O) groups is 1. The SMILES string of the molecule is CCCCC(CC)CC(=O)C(N)CC(C)C. The number of Topliss-reactive ketones (excluding diaryl/α,β-unsaturated/α-hetero) is 1. The van der Waals surface area contributed by atoms with Gasteiger partial charge in [-0.05, 0) is 18.3 Å². The van der Waals surface area contributed by atoms with Gasteiger partial charge in [-0.1, -0.05) is 53.4 Å². The van der Waals surface area contributed by atoms with Gasteiger partial charge in [0.25, 0.3) is 0 Å². The van der Waals surface area contributed by atoms with E-state index >= 15 is 0 Å². The molecule has 0 aromatic heterocycles. The van der Waals surface area contributed by atoms with Crippen LogP contribution >= 0.6 is 0 Å². The Morgan fingerprint density at radius 1 is 1.25 bits per heavy atom. The zero-order chi connectivity index (χ0) is 12.6. The summed E-state index contributed by atoms with van der Waals surface area (Å²) in [5.74, 6) is 1.32. The Balaban J connectivity index is 3.98. The van der Waals surface area contributed by atoms with E-state index in [0.29, 0.717) is 18.3 Å². The molecule has 0 spiro atoms. The van der Waals surface area contributed by atoms with Crippen LogP contribution in [0.1, 0.15) is 66.2 Å². The van der Waals surface area contributed by atoms with Gasteiger partial charge in [0.15, 0.2) is 0 Å². The zero-order valence-electron chi connectivity index (χ0n) is 11.5. The highest BCUT2D eigenvalue weighted by molar-refractivity contribution is 5.83. The second kappa shape index (κ2) is 8.74. The van der Waals surface area contributed by atoms with Gasteiger partial charge in [-0.2, -0.15) is 0 Å². The van der Waals surface area contributed by atoms with E-state index in [-0.39, 0.29) is 11.8 Å². The second-order valence-corrected chi connectivity index (χ2v) is 5.32. The summed E-state index contributed by atoms with van der Waals surface area (Å²) >= 11 is 0. The van der Waals surface area contributed by atoms with Gasteiger partial charge in [0.2, 0.25) is 0 Å². The largest absolute Gasteiger partial charge is 0.322 e. The third-order valence-electron chi connectivity index (χ3n) is 3.17. The average Bonchev–Trinajstić information content (AvgIpc) is 2.22. The van der Waals surface area contributed by atoms with Crippen LogP contribution in [0.2, 0.25) is 0 Å². The van der Waals surface area contributed by atoms with Crippen molar-refractivity contribution in [3.63, 3.8) is 0 Å². The summed E-state index contributed by atoms with van der Waals surface area (Å²) in [7, 11) is 0. The molecule has 16 heavy (non-hydrogen) atoms. The number of ketones is 1. The van der Waals surface area contributed by atoms with Crippen LogP contribution in [0, 0.1) is 11.8 Å². The van der Waals surface area contributed by atoms with Crippen LogP contribution in [0.15, 0.2) is 0 Å². The summed E-state index contributed by atoms with van der Waals surface area (Å²) in [6.07, 6.45) is 6.22. The first-order chi connectivity index (χ1) is 7.51. The number of nitrogens with two attached hydrogens (primary N) is 1. The molecule has 0 saturated heterocycles.